The van der Waals surface area contributed by atoms with Crippen molar-refractivity contribution in [3.63, 3.8) is 0 Å². The second-order valence-electron chi connectivity index (χ2n) is 5.23. The van der Waals surface area contributed by atoms with Gasteiger partial charge in [0.2, 0.25) is 0 Å². The minimum absolute atomic E-state index is 0.0451. The summed E-state index contributed by atoms with van der Waals surface area (Å²) < 4.78 is 7.14. The molecular weight excluding hydrogens is 254 g/mol. The zero-order valence-electron chi connectivity index (χ0n) is 12.0. The van der Waals surface area contributed by atoms with Gasteiger partial charge < -0.3 is 15.0 Å². The first-order chi connectivity index (χ1) is 9.47. The van der Waals surface area contributed by atoms with Gasteiger partial charge in [-0.1, -0.05) is 19.9 Å². The van der Waals surface area contributed by atoms with Crippen LogP contribution in [0.25, 0.3) is 0 Å². The number of rotatable bonds is 4. The van der Waals surface area contributed by atoms with Crippen molar-refractivity contribution in [1.82, 2.24) is 9.55 Å². The molecule has 20 heavy (non-hydrogen) atoms. The van der Waals surface area contributed by atoms with Crippen LogP contribution in [0.2, 0.25) is 0 Å². The molecule has 0 radical (unpaired) electrons. The van der Waals surface area contributed by atoms with Crippen molar-refractivity contribution in [2.45, 2.75) is 27.3 Å². The number of aromatic nitrogens is 2. The van der Waals surface area contributed by atoms with Gasteiger partial charge in [-0.15, -0.1) is 0 Å². The molecule has 0 aliphatic rings. The Morgan fingerprint density at radius 3 is 2.80 bits per heavy atom. The standard InChI is InChI=1S/C15H19N3O2/c1-10(2)9-18-7-6-17-14(15(18)19)20-13-5-4-11(3)8-12(13)16/h4-8,10H,9,16H2,1-3H3. The molecule has 0 atom stereocenters. The van der Waals surface area contributed by atoms with E-state index in [-0.39, 0.29) is 11.4 Å². The lowest BCUT2D eigenvalue weighted by molar-refractivity contribution is 0.434. The highest BCUT2D eigenvalue weighted by atomic mass is 16.5. The van der Waals surface area contributed by atoms with Crippen LogP contribution in [0.4, 0.5) is 5.69 Å². The summed E-state index contributed by atoms with van der Waals surface area (Å²) in [6.07, 6.45) is 3.22. The second kappa shape index (κ2) is 5.77. The average Bonchev–Trinajstić information content (AvgIpc) is 2.36. The van der Waals surface area contributed by atoms with Crippen LogP contribution in [0.15, 0.2) is 35.4 Å². The number of nitrogens with two attached hydrogens (primary N) is 1. The van der Waals surface area contributed by atoms with E-state index in [0.717, 1.165) is 5.56 Å². The summed E-state index contributed by atoms with van der Waals surface area (Å²) in [5, 5.41) is 0. The van der Waals surface area contributed by atoms with Crippen LogP contribution >= 0.6 is 0 Å². The molecule has 106 valence electrons. The monoisotopic (exact) mass is 273 g/mol. The van der Waals surface area contributed by atoms with Crippen LogP contribution in [0.1, 0.15) is 19.4 Å². The summed E-state index contributed by atoms with van der Waals surface area (Å²) in [4.78, 5) is 16.2. The van der Waals surface area contributed by atoms with Gasteiger partial charge in [0.15, 0.2) is 5.75 Å². The molecule has 5 heteroatoms. The van der Waals surface area contributed by atoms with Crippen LogP contribution < -0.4 is 16.0 Å². The van der Waals surface area contributed by atoms with Gasteiger partial charge in [0.25, 0.3) is 5.88 Å². The zero-order chi connectivity index (χ0) is 14.7. The Bertz CT molecular complexity index is 662. The number of ether oxygens (including phenoxy) is 1. The van der Waals surface area contributed by atoms with Crippen LogP contribution in [-0.4, -0.2) is 9.55 Å². The Balaban J connectivity index is 2.32. The molecule has 0 saturated carbocycles. The maximum atomic E-state index is 12.2. The quantitative estimate of drug-likeness (QED) is 0.869. The van der Waals surface area contributed by atoms with Crippen molar-refractivity contribution in [1.29, 1.82) is 0 Å². The lowest BCUT2D eigenvalue weighted by Crippen LogP contribution is -2.23. The van der Waals surface area contributed by atoms with Crippen molar-refractivity contribution in [3.8, 4) is 11.6 Å². The van der Waals surface area contributed by atoms with Gasteiger partial charge >= 0.3 is 5.56 Å². The van der Waals surface area contributed by atoms with Gasteiger partial charge in [0, 0.05) is 18.9 Å². The Hall–Kier alpha value is -2.30. The maximum Gasteiger partial charge on any atom is 0.313 e. The molecule has 0 saturated heterocycles. The third kappa shape index (κ3) is 3.17. The first kappa shape index (κ1) is 14.1. The molecular formula is C15H19N3O2. The summed E-state index contributed by atoms with van der Waals surface area (Å²) in [5.41, 5.74) is 7.15. The molecule has 0 aliphatic heterocycles. The minimum Gasteiger partial charge on any atom is -0.432 e. The van der Waals surface area contributed by atoms with Crippen LogP contribution in [0, 0.1) is 12.8 Å². The molecule has 1 aromatic carbocycles. The predicted molar refractivity (Wildman–Crippen MR) is 79.0 cm³/mol. The van der Waals surface area contributed by atoms with Gasteiger partial charge in [0.05, 0.1) is 5.69 Å². The smallest absolute Gasteiger partial charge is 0.313 e. The lowest BCUT2D eigenvalue weighted by Gasteiger charge is -2.11. The molecule has 2 N–H and O–H groups in total. The Kier molecular flexibility index (Phi) is 4.08. The maximum absolute atomic E-state index is 12.2. The van der Waals surface area contributed by atoms with E-state index in [4.69, 9.17) is 10.5 Å². The molecule has 2 aromatic rings. The molecule has 0 amide bonds. The van der Waals surface area contributed by atoms with E-state index in [1.807, 2.05) is 26.8 Å². The first-order valence-corrected chi connectivity index (χ1v) is 6.57. The van der Waals surface area contributed by atoms with E-state index in [0.29, 0.717) is 23.9 Å². The van der Waals surface area contributed by atoms with E-state index in [1.54, 1.807) is 29.1 Å². The van der Waals surface area contributed by atoms with Crippen molar-refractivity contribution < 1.29 is 4.74 Å². The number of anilines is 1. The molecule has 0 bridgehead atoms. The number of nitrogen functional groups attached to an aromatic ring is 1. The van der Waals surface area contributed by atoms with Crippen LogP contribution in [0.3, 0.4) is 0 Å². The highest BCUT2D eigenvalue weighted by Gasteiger charge is 2.10. The molecule has 5 nitrogen and oxygen atoms in total. The third-order valence-corrected chi connectivity index (χ3v) is 2.82. The number of nitrogens with zero attached hydrogens (tertiary/aromatic N) is 2. The SMILES string of the molecule is Cc1ccc(Oc2nccn(CC(C)C)c2=O)c(N)c1. The molecule has 1 aromatic heterocycles. The Labute approximate surface area is 118 Å². The lowest BCUT2D eigenvalue weighted by atomic mass is 10.2. The predicted octanol–water partition coefficient (Wildman–Crippen LogP) is 2.58. The molecule has 0 fully saturated rings. The molecule has 0 aliphatic carbocycles. The fourth-order valence-electron chi connectivity index (χ4n) is 1.90. The normalized spacial score (nSPS) is 10.8. The molecule has 0 spiro atoms. The summed E-state index contributed by atoms with van der Waals surface area (Å²) in [5.74, 6) is 0.860. The van der Waals surface area contributed by atoms with E-state index in [2.05, 4.69) is 4.98 Å². The molecule has 2 rings (SSSR count). The van der Waals surface area contributed by atoms with Gasteiger partial charge in [-0.25, -0.2) is 4.98 Å². The van der Waals surface area contributed by atoms with Crippen molar-refractivity contribution >= 4 is 5.69 Å². The summed E-state index contributed by atoms with van der Waals surface area (Å²) in [7, 11) is 0. The number of hydrogen-bond acceptors (Lipinski definition) is 4. The highest BCUT2D eigenvalue weighted by Crippen LogP contribution is 2.25. The van der Waals surface area contributed by atoms with Crippen molar-refractivity contribution in [2.75, 3.05) is 5.73 Å². The summed E-state index contributed by atoms with van der Waals surface area (Å²) in [6.45, 7) is 6.66. The number of hydrogen-bond donors (Lipinski definition) is 1. The van der Waals surface area contributed by atoms with Gasteiger partial charge in [0.1, 0.15) is 0 Å². The fraction of sp³-hybridized carbons (Fsp3) is 0.333. The summed E-state index contributed by atoms with van der Waals surface area (Å²) in [6, 6.07) is 5.41. The van der Waals surface area contributed by atoms with E-state index < -0.39 is 0 Å². The van der Waals surface area contributed by atoms with Gasteiger partial charge in [-0.05, 0) is 30.5 Å². The first-order valence-electron chi connectivity index (χ1n) is 6.57. The summed E-state index contributed by atoms with van der Waals surface area (Å²) >= 11 is 0. The van der Waals surface area contributed by atoms with E-state index >= 15 is 0 Å². The van der Waals surface area contributed by atoms with Crippen LogP contribution in [-0.2, 0) is 6.54 Å². The van der Waals surface area contributed by atoms with E-state index in [9.17, 15) is 4.79 Å². The average molecular weight is 273 g/mol. The Morgan fingerprint density at radius 1 is 1.40 bits per heavy atom. The number of aryl methyl sites for hydroxylation is 1. The molecule has 1 heterocycles. The van der Waals surface area contributed by atoms with Crippen molar-refractivity contribution in [2.24, 2.45) is 5.92 Å². The zero-order valence-corrected chi connectivity index (χ0v) is 12.0. The topological polar surface area (TPSA) is 70.1 Å². The second-order valence-corrected chi connectivity index (χ2v) is 5.23. The Morgan fingerprint density at radius 2 is 2.15 bits per heavy atom. The van der Waals surface area contributed by atoms with Gasteiger partial charge in [-0.3, -0.25) is 4.79 Å². The van der Waals surface area contributed by atoms with E-state index in [1.165, 1.54) is 0 Å². The fourth-order valence-corrected chi connectivity index (χ4v) is 1.90. The molecule has 0 unspecified atom stereocenters. The van der Waals surface area contributed by atoms with Crippen LogP contribution in [0.5, 0.6) is 11.6 Å². The largest absolute Gasteiger partial charge is 0.432 e. The van der Waals surface area contributed by atoms with Gasteiger partial charge in [-0.2, -0.15) is 0 Å². The third-order valence-electron chi connectivity index (χ3n) is 2.82. The highest BCUT2D eigenvalue weighted by molar-refractivity contribution is 5.55. The van der Waals surface area contributed by atoms with Crippen molar-refractivity contribution in [3.05, 3.63) is 46.5 Å². The number of benzene rings is 1. The minimum atomic E-state index is -0.249.